The summed E-state index contributed by atoms with van der Waals surface area (Å²) in [4.78, 5) is 4.37. The minimum absolute atomic E-state index is 0.332. The molecule has 3 nitrogen and oxygen atoms in total. The minimum atomic E-state index is 0.332. The molecular weight excluding hydrogens is 260 g/mol. The van der Waals surface area contributed by atoms with Crippen molar-refractivity contribution in [3.63, 3.8) is 0 Å². The summed E-state index contributed by atoms with van der Waals surface area (Å²) in [7, 11) is 0. The second kappa shape index (κ2) is 5.94. The molecule has 1 heterocycles. The maximum absolute atomic E-state index is 10.1. The van der Waals surface area contributed by atoms with Crippen LogP contribution in [0.5, 0.6) is 5.75 Å². The van der Waals surface area contributed by atoms with Gasteiger partial charge in [0.25, 0.3) is 0 Å². The first kappa shape index (κ1) is 13.6. The molecule has 1 aromatic heterocycles. The van der Waals surface area contributed by atoms with Crippen LogP contribution >= 0.6 is 0 Å². The van der Waals surface area contributed by atoms with Crippen molar-refractivity contribution in [1.29, 1.82) is 0 Å². The predicted molar refractivity (Wildman–Crippen MR) is 85.1 cm³/mol. The highest BCUT2D eigenvalue weighted by Crippen LogP contribution is 2.26. The van der Waals surface area contributed by atoms with Crippen LogP contribution in [0.25, 0.3) is 10.8 Å². The van der Waals surface area contributed by atoms with Gasteiger partial charge in [-0.05, 0) is 35.4 Å². The van der Waals surface area contributed by atoms with Gasteiger partial charge in [0.15, 0.2) is 0 Å². The van der Waals surface area contributed by atoms with E-state index in [9.17, 15) is 5.11 Å². The molecule has 0 aliphatic rings. The number of nitrogens with one attached hydrogen (secondary N) is 1. The zero-order chi connectivity index (χ0) is 14.7. The number of hydrogen-bond donors (Lipinski definition) is 2. The summed E-state index contributed by atoms with van der Waals surface area (Å²) in [5.74, 6) is 0.332. The van der Waals surface area contributed by atoms with Crippen LogP contribution in [-0.2, 0) is 13.1 Å². The lowest BCUT2D eigenvalue weighted by Crippen LogP contribution is -2.15. The molecule has 0 aliphatic heterocycles. The van der Waals surface area contributed by atoms with Crippen LogP contribution in [0.4, 0.5) is 0 Å². The van der Waals surface area contributed by atoms with Gasteiger partial charge in [-0.25, -0.2) is 0 Å². The average molecular weight is 278 g/mol. The molecule has 3 rings (SSSR count). The van der Waals surface area contributed by atoms with E-state index in [1.54, 1.807) is 12.3 Å². The van der Waals surface area contributed by atoms with E-state index in [1.165, 1.54) is 5.56 Å². The number of pyridine rings is 1. The Bertz CT molecular complexity index is 768. The summed E-state index contributed by atoms with van der Waals surface area (Å²) in [6.07, 6.45) is 1.80. The van der Waals surface area contributed by atoms with E-state index in [1.807, 2.05) is 30.3 Å². The maximum Gasteiger partial charge on any atom is 0.120 e. The number of fused-ring (bicyclic) bond motifs is 1. The molecule has 0 bridgehead atoms. The third kappa shape index (κ3) is 2.88. The molecule has 2 aromatic carbocycles. The van der Waals surface area contributed by atoms with Crippen LogP contribution in [0.3, 0.4) is 0 Å². The normalized spacial score (nSPS) is 10.9. The van der Waals surface area contributed by atoms with Crippen LogP contribution in [0, 0.1) is 6.92 Å². The van der Waals surface area contributed by atoms with Gasteiger partial charge in [0.05, 0.1) is 5.69 Å². The lowest BCUT2D eigenvalue weighted by Gasteiger charge is -2.11. The molecule has 3 aromatic rings. The first-order chi connectivity index (χ1) is 10.3. The summed E-state index contributed by atoms with van der Waals surface area (Å²) in [6, 6.07) is 15.8. The van der Waals surface area contributed by atoms with E-state index in [0.717, 1.165) is 22.0 Å². The first-order valence-corrected chi connectivity index (χ1v) is 7.06. The summed E-state index contributed by atoms with van der Waals surface area (Å²) in [6.45, 7) is 3.36. The van der Waals surface area contributed by atoms with E-state index in [-0.39, 0.29) is 0 Å². The van der Waals surface area contributed by atoms with Gasteiger partial charge in [-0.3, -0.25) is 4.98 Å². The van der Waals surface area contributed by atoms with Crippen LogP contribution in [0.1, 0.15) is 16.8 Å². The Morgan fingerprint density at radius 2 is 1.86 bits per heavy atom. The molecule has 0 unspecified atom stereocenters. The van der Waals surface area contributed by atoms with Crippen LogP contribution in [-0.4, -0.2) is 10.1 Å². The van der Waals surface area contributed by atoms with Crippen LogP contribution in [0.2, 0.25) is 0 Å². The molecule has 0 saturated carbocycles. The molecule has 0 saturated heterocycles. The van der Waals surface area contributed by atoms with Gasteiger partial charge < -0.3 is 10.4 Å². The second-order valence-electron chi connectivity index (χ2n) is 5.15. The zero-order valence-corrected chi connectivity index (χ0v) is 12.0. The van der Waals surface area contributed by atoms with Gasteiger partial charge >= 0.3 is 0 Å². The summed E-state index contributed by atoms with van der Waals surface area (Å²) < 4.78 is 0. The Morgan fingerprint density at radius 1 is 1.00 bits per heavy atom. The largest absolute Gasteiger partial charge is 0.508 e. The second-order valence-corrected chi connectivity index (χ2v) is 5.15. The van der Waals surface area contributed by atoms with Crippen molar-refractivity contribution >= 4 is 10.8 Å². The Balaban J connectivity index is 1.79. The van der Waals surface area contributed by atoms with Crippen molar-refractivity contribution in [1.82, 2.24) is 10.3 Å². The maximum atomic E-state index is 10.1. The molecule has 0 atom stereocenters. The Labute approximate surface area is 124 Å². The summed E-state index contributed by atoms with van der Waals surface area (Å²) in [5.41, 5.74) is 3.14. The average Bonchev–Trinajstić information content (AvgIpc) is 2.51. The number of nitrogens with zero attached hydrogens (tertiary/aromatic N) is 1. The molecule has 0 fully saturated rings. The van der Waals surface area contributed by atoms with Gasteiger partial charge in [-0.2, -0.15) is 0 Å². The zero-order valence-electron chi connectivity index (χ0n) is 12.0. The van der Waals surface area contributed by atoms with Crippen molar-refractivity contribution < 1.29 is 5.11 Å². The Hall–Kier alpha value is -2.39. The van der Waals surface area contributed by atoms with E-state index in [2.05, 4.69) is 29.4 Å². The Morgan fingerprint density at radius 3 is 2.71 bits per heavy atom. The Kier molecular flexibility index (Phi) is 3.84. The van der Waals surface area contributed by atoms with Crippen LogP contribution in [0.15, 0.2) is 54.7 Å². The van der Waals surface area contributed by atoms with Gasteiger partial charge in [0.1, 0.15) is 5.75 Å². The number of aromatic hydroxyl groups is 1. The molecule has 3 heteroatoms. The monoisotopic (exact) mass is 278 g/mol. The number of benzene rings is 2. The minimum Gasteiger partial charge on any atom is -0.508 e. The van der Waals surface area contributed by atoms with Gasteiger partial charge in [-0.15, -0.1) is 0 Å². The van der Waals surface area contributed by atoms with Crippen molar-refractivity contribution in [2.24, 2.45) is 0 Å². The summed E-state index contributed by atoms with van der Waals surface area (Å²) >= 11 is 0. The van der Waals surface area contributed by atoms with Crippen molar-refractivity contribution in [3.05, 3.63) is 71.5 Å². The van der Waals surface area contributed by atoms with Crippen molar-refractivity contribution in [3.8, 4) is 5.75 Å². The highest BCUT2D eigenvalue weighted by molar-refractivity contribution is 5.87. The van der Waals surface area contributed by atoms with E-state index in [4.69, 9.17) is 0 Å². The fraction of sp³-hybridized carbons (Fsp3) is 0.167. The quantitative estimate of drug-likeness (QED) is 0.767. The highest BCUT2D eigenvalue weighted by atomic mass is 16.3. The van der Waals surface area contributed by atoms with Crippen molar-refractivity contribution in [2.75, 3.05) is 0 Å². The molecule has 21 heavy (non-hydrogen) atoms. The number of rotatable bonds is 4. The van der Waals surface area contributed by atoms with Gasteiger partial charge in [0, 0.05) is 24.8 Å². The smallest absolute Gasteiger partial charge is 0.120 e. The molecule has 2 N–H and O–H groups in total. The summed E-state index contributed by atoms with van der Waals surface area (Å²) in [5, 5.41) is 15.7. The van der Waals surface area contributed by atoms with E-state index in [0.29, 0.717) is 18.8 Å². The first-order valence-electron chi connectivity index (χ1n) is 7.06. The third-order valence-corrected chi connectivity index (χ3v) is 3.73. The standard InChI is InChI=1S/C18H18N2O/c1-13-5-4-10-20-17(13)12-19-11-16-15-7-3-2-6-14(15)8-9-18(16)21/h2-10,19,21H,11-12H2,1H3. The number of aromatic nitrogens is 1. The number of hydrogen-bond acceptors (Lipinski definition) is 3. The third-order valence-electron chi connectivity index (χ3n) is 3.73. The topological polar surface area (TPSA) is 45.2 Å². The fourth-order valence-electron chi connectivity index (χ4n) is 2.52. The van der Waals surface area contributed by atoms with E-state index < -0.39 is 0 Å². The van der Waals surface area contributed by atoms with Crippen LogP contribution < -0.4 is 5.32 Å². The molecular formula is C18H18N2O. The predicted octanol–water partition coefficient (Wildman–Crippen LogP) is 3.54. The highest BCUT2D eigenvalue weighted by Gasteiger charge is 2.07. The fourth-order valence-corrected chi connectivity index (χ4v) is 2.52. The van der Waals surface area contributed by atoms with Gasteiger partial charge in [0.2, 0.25) is 0 Å². The molecule has 0 radical (unpaired) electrons. The molecule has 0 aliphatic carbocycles. The van der Waals surface area contributed by atoms with Gasteiger partial charge in [-0.1, -0.05) is 36.4 Å². The molecule has 0 spiro atoms. The SMILES string of the molecule is Cc1cccnc1CNCc1c(O)ccc2ccccc12. The number of phenolic OH excluding ortho intramolecular Hbond substituents is 1. The number of aryl methyl sites for hydroxylation is 1. The molecule has 0 amide bonds. The van der Waals surface area contributed by atoms with Crippen molar-refractivity contribution in [2.45, 2.75) is 20.0 Å². The lowest BCUT2D eigenvalue weighted by molar-refractivity contribution is 0.465. The lowest BCUT2D eigenvalue weighted by atomic mass is 10.0. The number of phenols is 1. The van der Waals surface area contributed by atoms with E-state index >= 15 is 0 Å². The molecule has 106 valence electrons.